The van der Waals surface area contributed by atoms with E-state index in [-0.39, 0.29) is 0 Å². The molecular formula is C12H18N2O. The van der Waals surface area contributed by atoms with Gasteiger partial charge in [-0.15, -0.1) is 0 Å². The highest BCUT2D eigenvalue weighted by Gasteiger charge is 2.16. The molecule has 1 saturated heterocycles. The van der Waals surface area contributed by atoms with Crippen LogP contribution in [-0.4, -0.2) is 25.8 Å². The van der Waals surface area contributed by atoms with E-state index in [1.807, 2.05) is 0 Å². The van der Waals surface area contributed by atoms with Crippen LogP contribution in [0.1, 0.15) is 12.5 Å². The summed E-state index contributed by atoms with van der Waals surface area (Å²) in [5, 5.41) is 0. The number of benzene rings is 1. The molecule has 1 heterocycles. The lowest BCUT2D eigenvalue weighted by Crippen LogP contribution is -2.41. The number of rotatable bonds is 2. The second-order valence-corrected chi connectivity index (χ2v) is 4.00. The van der Waals surface area contributed by atoms with Gasteiger partial charge in [0.15, 0.2) is 0 Å². The van der Waals surface area contributed by atoms with Gasteiger partial charge in [-0.25, -0.2) is 0 Å². The maximum Gasteiger partial charge on any atom is 0.0722 e. The molecule has 0 aromatic heterocycles. The van der Waals surface area contributed by atoms with Crippen LogP contribution in [0.25, 0.3) is 0 Å². The van der Waals surface area contributed by atoms with Crippen LogP contribution in [-0.2, 0) is 11.3 Å². The van der Waals surface area contributed by atoms with Crippen molar-refractivity contribution < 1.29 is 4.74 Å². The average molecular weight is 206 g/mol. The Balaban J connectivity index is 2.13. The predicted octanol–water partition coefficient (Wildman–Crippen LogP) is 1.37. The summed E-state index contributed by atoms with van der Waals surface area (Å²) < 4.78 is 5.52. The monoisotopic (exact) mass is 206 g/mol. The molecule has 1 aliphatic rings. The fourth-order valence-electron chi connectivity index (χ4n) is 1.93. The minimum Gasteiger partial charge on any atom is -0.375 e. The van der Waals surface area contributed by atoms with Crippen LogP contribution in [0, 0.1) is 0 Å². The molecule has 0 spiro atoms. The maximum absolute atomic E-state index is 5.63. The summed E-state index contributed by atoms with van der Waals surface area (Å²) in [6.45, 7) is 5.47. The van der Waals surface area contributed by atoms with Crippen molar-refractivity contribution in [1.29, 1.82) is 0 Å². The molecule has 2 rings (SSSR count). The number of nitrogens with two attached hydrogens (primary N) is 1. The van der Waals surface area contributed by atoms with Gasteiger partial charge < -0.3 is 15.4 Å². The molecule has 1 aliphatic heterocycles. The highest BCUT2D eigenvalue weighted by Crippen LogP contribution is 2.18. The van der Waals surface area contributed by atoms with Crippen LogP contribution in [0.5, 0.6) is 0 Å². The highest BCUT2D eigenvalue weighted by molar-refractivity contribution is 5.49. The standard InChI is InChI=1S/C12H18N2O/c1-10-9-14(5-6-15-10)12-4-2-3-11(7-12)8-13/h2-4,7,10H,5-6,8-9,13H2,1H3. The molecule has 1 aromatic rings. The lowest BCUT2D eigenvalue weighted by atomic mass is 10.1. The fraction of sp³-hybridized carbons (Fsp3) is 0.500. The van der Waals surface area contributed by atoms with Gasteiger partial charge in [0.25, 0.3) is 0 Å². The number of nitrogens with zero attached hydrogens (tertiary/aromatic N) is 1. The van der Waals surface area contributed by atoms with Crippen molar-refractivity contribution in [3.05, 3.63) is 29.8 Å². The summed E-state index contributed by atoms with van der Waals surface area (Å²) in [7, 11) is 0. The zero-order chi connectivity index (χ0) is 10.7. The molecule has 0 amide bonds. The third-order valence-corrected chi connectivity index (χ3v) is 2.75. The predicted molar refractivity (Wildman–Crippen MR) is 62.0 cm³/mol. The first kappa shape index (κ1) is 10.5. The van der Waals surface area contributed by atoms with Gasteiger partial charge in [0.2, 0.25) is 0 Å². The Morgan fingerprint density at radius 3 is 3.13 bits per heavy atom. The fourth-order valence-corrected chi connectivity index (χ4v) is 1.93. The highest BCUT2D eigenvalue weighted by atomic mass is 16.5. The Morgan fingerprint density at radius 1 is 1.53 bits per heavy atom. The molecule has 0 saturated carbocycles. The van der Waals surface area contributed by atoms with E-state index in [1.54, 1.807) is 0 Å². The number of morpholine rings is 1. The van der Waals surface area contributed by atoms with Gasteiger partial charge in [0, 0.05) is 25.3 Å². The quantitative estimate of drug-likeness (QED) is 0.794. The third kappa shape index (κ3) is 2.49. The van der Waals surface area contributed by atoms with Crippen LogP contribution in [0.4, 0.5) is 5.69 Å². The van der Waals surface area contributed by atoms with E-state index in [0.29, 0.717) is 12.6 Å². The molecule has 0 radical (unpaired) electrons. The van der Waals surface area contributed by atoms with Crippen LogP contribution in [0.15, 0.2) is 24.3 Å². The molecule has 1 fully saturated rings. The SMILES string of the molecule is CC1CN(c2cccc(CN)c2)CCO1. The summed E-state index contributed by atoms with van der Waals surface area (Å²) >= 11 is 0. The second-order valence-electron chi connectivity index (χ2n) is 4.00. The number of hydrogen-bond donors (Lipinski definition) is 1. The van der Waals surface area contributed by atoms with Crippen molar-refractivity contribution in [3.8, 4) is 0 Å². The second kappa shape index (κ2) is 4.64. The smallest absolute Gasteiger partial charge is 0.0722 e. The van der Waals surface area contributed by atoms with E-state index < -0.39 is 0 Å². The van der Waals surface area contributed by atoms with Gasteiger partial charge in [-0.05, 0) is 24.6 Å². The van der Waals surface area contributed by atoms with E-state index in [9.17, 15) is 0 Å². The first-order chi connectivity index (χ1) is 7.29. The number of ether oxygens (including phenoxy) is 1. The lowest BCUT2D eigenvalue weighted by molar-refractivity contribution is 0.0532. The normalized spacial score (nSPS) is 21.7. The Bertz CT molecular complexity index is 327. The summed E-state index contributed by atoms with van der Waals surface area (Å²) in [4.78, 5) is 2.35. The first-order valence-electron chi connectivity index (χ1n) is 5.45. The molecule has 15 heavy (non-hydrogen) atoms. The van der Waals surface area contributed by atoms with Crippen molar-refractivity contribution in [2.24, 2.45) is 5.73 Å². The number of anilines is 1. The van der Waals surface area contributed by atoms with E-state index in [4.69, 9.17) is 10.5 Å². The van der Waals surface area contributed by atoms with Crippen LogP contribution < -0.4 is 10.6 Å². The lowest BCUT2D eigenvalue weighted by Gasteiger charge is -2.33. The van der Waals surface area contributed by atoms with Gasteiger partial charge in [-0.3, -0.25) is 0 Å². The molecular weight excluding hydrogens is 188 g/mol. The molecule has 0 bridgehead atoms. The van der Waals surface area contributed by atoms with E-state index in [2.05, 4.69) is 36.1 Å². The zero-order valence-corrected chi connectivity index (χ0v) is 9.15. The van der Waals surface area contributed by atoms with Gasteiger partial charge in [-0.1, -0.05) is 12.1 Å². The Morgan fingerprint density at radius 2 is 2.40 bits per heavy atom. The van der Waals surface area contributed by atoms with Crippen LogP contribution >= 0.6 is 0 Å². The van der Waals surface area contributed by atoms with Crippen LogP contribution in [0.2, 0.25) is 0 Å². The Labute approximate surface area is 90.8 Å². The molecule has 1 unspecified atom stereocenters. The molecule has 2 N–H and O–H groups in total. The molecule has 82 valence electrons. The van der Waals surface area contributed by atoms with Gasteiger partial charge in [-0.2, -0.15) is 0 Å². The average Bonchev–Trinajstić information content (AvgIpc) is 2.29. The van der Waals surface area contributed by atoms with Gasteiger partial charge in [0.05, 0.1) is 12.7 Å². The first-order valence-corrected chi connectivity index (χ1v) is 5.45. The third-order valence-electron chi connectivity index (χ3n) is 2.75. The minimum atomic E-state index is 0.320. The van der Waals surface area contributed by atoms with Crippen molar-refractivity contribution >= 4 is 5.69 Å². The minimum absolute atomic E-state index is 0.320. The Kier molecular flexibility index (Phi) is 3.23. The number of hydrogen-bond acceptors (Lipinski definition) is 3. The topological polar surface area (TPSA) is 38.5 Å². The largest absolute Gasteiger partial charge is 0.375 e. The van der Waals surface area contributed by atoms with Crippen molar-refractivity contribution in [1.82, 2.24) is 0 Å². The van der Waals surface area contributed by atoms with Crippen molar-refractivity contribution in [3.63, 3.8) is 0 Å². The Hall–Kier alpha value is -1.06. The van der Waals surface area contributed by atoms with Crippen LogP contribution in [0.3, 0.4) is 0 Å². The van der Waals surface area contributed by atoms with E-state index in [0.717, 1.165) is 19.7 Å². The van der Waals surface area contributed by atoms with Gasteiger partial charge >= 0.3 is 0 Å². The summed E-state index contributed by atoms with van der Waals surface area (Å²) in [5.74, 6) is 0. The summed E-state index contributed by atoms with van der Waals surface area (Å²) in [6.07, 6.45) is 0.320. The molecule has 1 atom stereocenters. The summed E-state index contributed by atoms with van der Waals surface area (Å²) in [5.41, 5.74) is 8.08. The molecule has 0 aliphatic carbocycles. The molecule has 3 heteroatoms. The van der Waals surface area contributed by atoms with Crippen molar-refractivity contribution in [2.75, 3.05) is 24.6 Å². The van der Waals surface area contributed by atoms with Crippen molar-refractivity contribution in [2.45, 2.75) is 19.6 Å². The zero-order valence-electron chi connectivity index (χ0n) is 9.15. The molecule has 1 aromatic carbocycles. The molecule has 3 nitrogen and oxygen atoms in total. The van der Waals surface area contributed by atoms with Gasteiger partial charge in [0.1, 0.15) is 0 Å². The van der Waals surface area contributed by atoms with E-state index in [1.165, 1.54) is 11.3 Å². The maximum atomic E-state index is 5.63. The van der Waals surface area contributed by atoms with E-state index >= 15 is 0 Å². The summed E-state index contributed by atoms with van der Waals surface area (Å²) in [6, 6.07) is 8.43.